The van der Waals surface area contributed by atoms with Crippen LogP contribution in [-0.4, -0.2) is 11.8 Å². The molecule has 0 spiro atoms. The van der Waals surface area contributed by atoms with Crippen molar-refractivity contribution in [2.24, 2.45) is 0 Å². The molecule has 0 aromatic heterocycles. The molecule has 3 heteroatoms. The first-order chi connectivity index (χ1) is 9.79. The van der Waals surface area contributed by atoms with E-state index in [1.54, 1.807) is 0 Å². The molecular weight excluding hydrogens is 270 g/mol. The molecule has 1 N–H and O–H groups in total. The predicted molar refractivity (Wildman–Crippen MR) is 84.3 cm³/mol. The van der Waals surface area contributed by atoms with Gasteiger partial charge in [-0.1, -0.05) is 48.5 Å². The fourth-order valence-corrected chi connectivity index (χ4v) is 2.19. The largest absolute Gasteiger partial charge is 0.326 e. The molecule has 20 heavy (non-hydrogen) atoms. The molecule has 0 saturated heterocycles. The number of alkyl halides is 1. The molecule has 0 heterocycles. The molecule has 2 rings (SSSR count). The average molecular weight is 288 g/mol. The van der Waals surface area contributed by atoms with E-state index in [0.717, 1.165) is 17.7 Å². The molecule has 0 saturated carbocycles. The molecule has 0 atom stereocenters. The van der Waals surface area contributed by atoms with Gasteiger partial charge in [0.25, 0.3) is 0 Å². The Morgan fingerprint density at radius 3 is 2.45 bits per heavy atom. The maximum absolute atomic E-state index is 11.8. The lowest BCUT2D eigenvalue weighted by Gasteiger charge is -2.11. The second kappa shape index (κ2) is 7.71. The van der Waals surface area contributed by atoms with Crippen molar-refractivity contribution in [3.05, 3.63) is 65.7 Å². The molecule has 2 aromatic rings. The Hall–Kier alpha value is -1.80. The van der Waals surface area contributed by atoms with Crippen LogP contribution in [0, 0.1) is 0 Å². The monoisotopic (exact) mass is 287 g/mol. The average Bonchev–Trinajstić information content (AvgIpc) is 2.48. The number of amides is 1. The number of nitrogens with one attached hydrogen (secondary N) is 1. The van der Waals surface area contributed by atoms with Crippen molar-refractivity contribution < 1.29 is 4.79 Å². The summed E-state index contributed by atoms with van der Waals surface area (Å²) in [6.07, 6.45) is 1.98. The molecule has 104 valence electrons. The number of halogens is 1. The zero-order valence-corrected chi connectivity index (χ0v) is 12.1. The van der Waals surface area contributed by atoms with Gasteiger partial charge in [0, 0.05) is 18.0 Å². The third kappa shape index (κ3) is 4.39. The van der Waals surface area contributed by atoms with Crippen LogP contribution in [0.3, 0.4) is 0 Å². The van der Waals surface area contributed by atoms with Crippen LogP contribution in [0.2, 0.25) is 0 Å². The number of rotatable bonds is 6. The van der Waals surface area contributed by atoms with Crippen molar-refractivity contribution >= 4 is 23.2 Å². The SMILES string of the molecule is O=C(CCCCl)Nc1ccccc1Cc1ccccc1. The lowest BCUT2D eigenvalue weighted by atomic mass is 10.0. The summed E-state index contributed by atoms with van der Waals surface area (Å²) in [6, 6.07) is 18.1. The Morgan fingerprint density at radius 1 is 1.00 bits per heavy atom. The van der Waals surface area contributed by atoms with E-state index in [4.69, 9.17) is 11.6 Å². The Kier molecular flexibility index (Phi) is 5.63. The quantitative estimate of drug-likeness (QED) is 0.791. The van der Waals surface area contributed by atoms with Crippen molar-refractivity contribution in [3.63, 3.8) is 0 Å². The van der Waals surface area contributed by atoms with Gasteiger partial charge < -0.3 is 5.32 Å². The Bertz CT molecular complexity index is 554. The fourth-order valence-electron chi connectivity index (χ4n) is 2.05. The fraction of sp³-hybridized carbons (Fsp3) is 0.235. The predicted octanol–water partition coefficient (Wildman–Crippen LogP) is 4.23. The van der Waals surface area contributed by atoms with Gasteiger partial charge in [-0.05, 0) is 30.0 Å². The first-order valence-corrected chi connectivity index (χ1v) is 7.30. The van der Waals surface area contributed by atoms with Crippen molar-refractivity contribution in [1.29, 1.82) is 0 Å². The first kappa shape index (κ1) is 14.6. The number of hydrogen-bond donors (Lipinski definition) is 1. The molecule has 0 aliphatic rings. The molecule has 2 nitrogen and oxygen atoms in total. The van der Waals surface area contributed by atoms with Crippen LogP contribution in [0.25, 0.3) is 0 Å². The summed E-state index contributed by atoms with van der Waals surface area (Å²) in [4.78, 5) is 11.8. The van der Waals surface area contributed by atoms with Gasteiger partial charge >= 0.3 is 0 Å². The highest BCUT2D eigenvalue weighted by Crippen LogP contribution is 2.19. The highest BCUT2D eigenvalue weighted by molar-refractivity contribution is 6.18. The van der Waals surface area contributed by atoms with Gasteiger partial charge in [0.15, 0.2) is 0 Å². The van der Waals surface area contributed by atoms with E-state index in [1.807, 2.05) is 42.5 Å². The molecule has 0 unspecified atom stereocenters. The van der Waals surface area contributed by atoms with Gasteiger partial charge in [-0.2, -0.15) is 0 Å². The van der Waals surface area contributed by atoms with Crippen molar-refractivity contribution in [1.82, 2.24) is 0 Å². The maximum atomic E-state index is 11.8. The van der Waals surface area contributed by atoms with Crippen molar-refractivity contribution in [2.75, 3.05) is 11.2 Å². The Labute approximate surface area is 124 Å². The van der Waals surface area contributed by atoms with Crippen molar-refractivity contribution in [3.8, 4) is 0 Å². The summed E-state index contributed by atoms with van der Waals surface area (Å²) in [7, 11) is 0. The molecule has 0 aliphatic heterocycles. The minimum absolute atomic E-state index is 0.0196. The zero-order valence-electron chi connectivity index (χ0n) is 11.3. The van der Waals surface area contributed by atoms with Crippen LogP contribution in [-0.2, 0) is 11.2 Å². The molecule has 2 aromatic carbocycles. The minimum atomic E-state index is 0.0196. The second-order valence-electron chi connectivity index (χ2n) is 4.66. The first-order valence-electron chi connectivity index (χ1n) is 6.77. The minimum Gasteiger partial charge on any atom is -0.326 e. The molecule has 0 fully saturated rings. The summed E-state index contributed by atoms with van der Waals surface area (Å²) < 4.78 is 0. The number of para-hydroxylation sites is 1. The van der Waals surface area contributed by atoms with Crippen LogP contribution in [0.4, 0.5) is 5.69 Å². The number of carbonyl (C=O) groups is 1. The third-order valence-electron chi connectivity index (χ3n) is 3.07. The molecule has 0 aliphatic carbocycles. The number of benzene rings is 2. The van der Waals surface area contributed by atoms with E-state index in [0.29, 0.717) is 18.7 Å². The van der Waals surface area contributed by atoms with Gasteiger partial charge in [-0.15, -0.1) is 11.6 Å². The van der Waals surface area contributed by atoms with Gasteiger partial charge in [-0.25, -0.2) is 0 Å². The highest BCUT2D eigenvalue weighted by Gasteiger charge is 2.06. The van der Waals surface area contributed by atoms with Crippen LogP contribution in [0.1, 0.15) is 24.0 Å². The molecule has 0 bridgehead atoms. The summed E-state index contributed by atoms with van der Waals surface area (Å²) in [6.45, 7) is 0. The number of hydrogen-bond acceptors (Lipinski definition) is 1. The molecular formula is C17H18ClNO. The summed E-state index contributed by atoms with van der Waals surface area (Å²) >= 11 is 5.61. The second-order valence-corrected chi connectivity index (χ2v) is 5.04. The number of carbonyl (C=O) groups excluding carboxylic acids is 1. The zero-order chi connectivity index (χ0) is 14.2. The van der Waals surface area contributed by atoms with E-state index in [1.165, 1.54) is 5.56 Å². The topological polar surface area (TPSA) is 29.1 Å². The van der Waals surface area contributed by atoms with E-state index >= 15 is 0 Å². The van der Waals surface area contributed by atoms with E-state index < -0.39 is 0 Å². The standard InChI is InChI=1S/C17H18ClNO/c18-12-6-11-17(20)19-16-10-5-4-9-15(16)13-14-7-2-1-3-8-14/h1-5,7-10H,6,11-13H2,(H,19,20). The molecule has 1 amide bonds. The summed E-state index contributed by atoms with van der Waals surface area (Å²) in [5.74, 6) is 0.533. The highest BCUT2D eigenvalue weighted by atomic mass is 35.5. The molecule has 0 radical (unpaired) electrons. The van der Waals surface area contributed by atoms with Gasteiger partial charge in [0.2, 0.25) is 5.91 Å². The van der Waals surface area contributed by atoms with Gasteiger partial charge in [0.05, 0.1) is 0 Å². The normalized spacial score (nSPS) is 10.2. The Balaban J connectivity index is 2.08. The number of anilines is 1. The smallest absolute Gasteiger partial charge is 0.224 e. The van der Waals surface area contributed by atoms with E-state index in [2.05, 4.69) is 17.4 Å². The summed E-state index contributed by atoms with van der Waals surface area (Å²) in [5, 5.41) is 2.97. The third-order valence-corrected chi connectivity index (χ3v) is 3.33. The van der Waals surface area contributed by atoms with E-state index in [9.17, 15) is 4.79 Å². The lowest BCUT2D eigenvalue weighted by molar-refractivity contribution is -0.116. The van der Waals surface area contributed by atoms with E-state index in [-0.39, 0.29) is 5.91 Å². The Morgan fingerprint density at radius 2 is 1.70 bits per heavy atom. The lowest BCUT2D eigenvalue weighted by Crippen LogP contribution is -2.13. The maximum Gasteiger partial charge on any atom is 0.224 e. The van der Waals surface area contributed by atoms with Crippen LogP contribution in [0.5, 0.6) is 0 Å². The summed E-state index contributed by atoms with van der Waals surface area (Å²) in [5.41, 5.74) is 3.24. The van der Waals surface area contributed by atoms with Crippen LogP contribution < -0.4 is 5.32 Å². The van der Waals surface area contributed by atoms with Gasteiger partial charge in [-0.3, -0.25) is 4.79 Å². The van der Waals surface area contributed by atoms with Crippen LogP contribution >= 0.6 is 11.6 Å². The van der Waals surface area contributed by atoms with Gasteiger partial charge in [0.1, 0.15) is 0 Å². The van der Waals surface area contributed by atoms with Crippen molar-refractivity contribution in [2.45, 2.75) is 19.3 Å². The van der Waals surface area contributed by atoms with Crippen LogP contribution in [0.15, 0.2) is 54.6 Å².